The third kappa shape index (κ3) is 5.63. The molecular formula is C21H28F3N3O5. The maximum absolute atomic E-state index is 13.1. The molecule has 32 heavy (non-hydrogen) atoms. The number of methoxy groups -OCH3 is 1. The molecule has 1 aromatic carbocycles. The summed E-state index contributed by atoms with van der Waals surface area (Å²) >= 11 is 0. The lowest BCUT2D eigenvalue weighted by atomic mass is 10.0. The molecule has 0 saturated heterocycles. The van der Waals surface area contributed by atoms with E-state index in [4.69, 9.17) is 9.26 Å². The van der Waals surface area contributed by atoms with E-state index in [2.05, 4.69) is 9.89 Å². The molecule has 1 atom stereocenters. The van der Waals surface area contributed by atoms with Crippen molar-refractivity contribution >= 4 is 23.0 Å². The van der Waals surface area contributed by atoms with Gasteiger partial charge in [0.15, 0.2) is 11.3 Å². The number of fused-ring (bicyclic) bond motifs is 1. The highest BCUT2D eigenvalue weighted by atomic mass is 19.4. The van der Waals surface area contributed by atoms with E-state index in [9.17, 15) is 22.8 Å². The first-order chi connectivity index (χ1) is 15.0. The molecule has 11 heteroatoms. The number of amides is 2. The third-order valence-corrected chi connectivity index (χ3v) is 5.12. The van der Waals surface area contributed by atoms with E-state index in [0.717, 1.165) is 0 Å². The van der Waals surface area contributed by atoms with Crippen molar-refractivity contribution in [1.82, 2.24) is 15.0 Å². The van der Waals surface area contributed by atoms with Gasteiger partial charge in [-0.3, -0.25) is 0 Å². The van der Waals surface area contributed by atoms with Crippen molar-refractivity contribution in [2.75, 3.05) is 34.4 Å². The molecule has 2 aromatic rings. The molecule has 0 fully saturated rings. The van der Waals surface area contributed by atoms with Crippen LogP contribution in [0.1, 0.15) is 37.9 Å². The van der Waals surface area contributed by atoms with Gasteiger partial charge in [-0.25, -0.2) is 9.59 Å². The maximum atomic E-state index is 13.1. The summed E-state index contributed by atoms with van der Waals surface area (Å²) in [4.78, 5) is 26.8. The van der Waals surface area contributed by atoms with Crippen molar-refractivity contribution in [3.63, 3.8) is 0 Å². The van der Waals surface area contributed by atoms with E-state index in [1.165, 1.54) is 36.1 Å². The van der Waals surface area contributed by atoms with Gasteiger partial charge in [0.25, 0.3) is 0 Å². The smallest absolute Gasteiger partial charge is 0.437 e. The first-order valence-electron chi connectivity index (χ1n) is 10.2. The number of aromatic nitrogens is 1. The number of likely N-dealkylation sites (N-methyl/N-ethyl adjacent to an activating group) is 1. The van der Waals surface area contributed by atoms with Gasteiger partial charge in [-0.1, -0.05) is 18.5 Å². The number of rotatable bonds is 9. The summed E-state index contributed by atoms with van der Waals surface area (Å²) in [5, 5.41) is 3.11. The average molecular weight is 459 g/mol. The first kappa shape index (κ1) is 25.3. The average Bonchev–Trinajstić information content (AvgIpc) is 3.20. The Morgan fingerprint density at radius 2 is 1.94 bits per heavy atom. The Bertz CT molecular complexity index is 945. The third-order valence-electron chi connectivity index (χ3n) is 5.12. The number of alkyl halides is 3. The minimum absolute atomic E-state index is 0.0717. The van der Waals surface area contributed by atoms with E-state index in [-0.39, 0.29) is 23.6 Å². The molecule has 2 amide bonds. The van der Waals surface area contributed by atoms with E-state index in [1.54, 1.807) is 14.0 Å². The number of benzene rings is 1. The number of carbonyl (C=O) groups is 2. The number of aryl methyl sites for hydroxylation is 1. The molecule has 0 radical (unpaired) electrons. The fourth-order valence-corrected chi connectivity index (χ4v) is 3.21. The molecule has 1 aromatic heterocycles. The Kier molecular flexibility index (Phi) is 8.34. The van der Waals surface area contributed by atoms with Gasteiger partial charge in [0.2, 0.25) is 0 Å². The van der Waals surface area contributed by atoms with E-state index in [0.29, 0.717) is 37.1 Å². The van der Waals surface area contributed by atoms with Crippen molar-refractivity contribution in [1.29, 1.82) is 0 Å². The molecule has 1 heterocycles. The van der Waals surface area contributed by atoms with Crippen LogP contribution < -0.4 is 4.74 Å². The van der Waals surface area contributed by atoms with Crippen LogP contribution >= 0.6 is 0 Å². The molecular weight excluding hydrogens is 431 g/mol. The van der Waals surface area contributed by atoms with Gasteiger partial charge < -0.3 is 23.8 Å². The van der Waals surface area contributed by atoms with E-state index >= 15 is 0 Å². The highest BCUT2D eigenvalue weighted by Crippen LogP contribution is 2.38. The molecule has 0 N–H and O–H groups in total. The molecule has 0 aliphatic heterocycles. The molecule has 0 spiro atoms. The van der Waals surface area contributed by atoms with Crippen LogP contribution in [-0.2, 0) is 22.1 Å². The Morgan fingerprint density at radius 1 is 1.25 bits per heavy atom. The molecule has 0 aliphatic rings. The zero-order valence-electron chi connectivity index (χ0n) is 18.8. The normalized spacial score (nSPS) is 12.5. The minimum Gasteiger partial charge on any atom is -0.493 e. The maximum Gasteiger partial charge on any atom is 0.437 e. The van der Waals surface area contributed by atoms with Crippen molar-refractivity contribution in [2.24, 2.45) is 0 Å². The quantitative estimate of drug-likeness (QED) is 0.414. The Balaban J connectivity index is 2.02. The summed E-state index contributed by atoms with van der Waals surface area (Å²) < 4.78 is 54.8. The largest absolute Gasteiger partial charge is 0.493 e. The van der Waals surface area contributed by atoms with Crippen LogP contribution in [0.15, 0.2) is 16.7 Å². The number of halogens is 3. The van der Waals surface area contributed by atoms with Crippen molar-refractivity contribution in [3.8, 4) is 5.75 Å². The van der Waals surface area contributed by atoms with Crippen LogP contribution in [0.3, 0.4) is 0 Å². The van der Waals surface area contributed by atoms with Gasteiger partial charge >= 0.3 is 18.2 Å². The lowest BCUT2D eigenvalue weighted by Gasteiger charge is -2.28. The molecule has 0 bridgehead atoms. The lowest BCUT2D eigenvalue weighted by molar-refractivity contribution is -0.145. The minimum atomic E-state index is -4.60. The van der Waals surface area contributed by atoms with Gasteiger partial charge in [-0.15, -0.1) is 0 Å². The van der Waals surface area contributed by atoms with Crippen molar-refractivity contribution in [2.45, 2.75) is 45.3 Å². The number of esters is 1. The van der Waals surface area contributed by atoms with Gasteiger partial charge in [-0.2, -0.15) is 13.2 Å². The number of carbonyl (C=O) groups excluding carboxylic acids is 2. The Morgan fingerprint density at radius 3 is 2.53 bits per heavy atom. The number of hydrogen-bond acceptors (Lipinski definition) is 6. The predicted molar refractivity (Wildman–Crippen MR) is 110 cm³/mol. The van der Waals surface area contributed by atoms with E-state index < -0.39 is 23.9 Å². The van der Waals surface area contributed by atoms with Gasteiger partial charge in [0, 0.05) is 26.2 Å². The molecule has 0 saturated carbocycles. The van der Waals surface area contributed by atoms with Gasteiger partial charge in [0.05, 0.1) is 19.1 Å². The highest BCUT2D eigenvalue weighted by Gasteiger charge is 2.37. The van der Waals surface area contributed by atoms with Crippen LogP contribution in [-0.4, -0.2) is 67.4 Å². The summed E-state index contributed by atoms with van der Waals surface area (Å²) in [7, 11) is 4.37. The number of ether oxygens (including phenoxy) is 2. The van der Waals surface area contributed by atoms with Gasteiger partial charge in [0.1, 0.15) is 11.8 Å². The fraction of sp³-hybridized carbons (Fsp3) is 0.571. The fourth-order valence-electron chi connectivity index (χ4n) is 3.21. The summed E-state index contributed by atoms with van der Waals surface area (Å²) in [6.45, 7) is 4.05. The van der Waals surface area contributed by atoms with Crippen LogP contribution in [0.25, 0.3) is 11.0 Å². The Hall–Kier alpha value is -2.98. The van der Waals surface area contributed by atoms with Crippen LogP contribution in [0.4, 0.5) is 18.0 Å². The molecule has 2 rings (SSSR count). The molecule has 1 unspecified atom stereocenters. The Labute approximate surface area is 184 Å². The zero-order chi connectivity index (χ0) is 24.1. The van der Waals surface area contributed by atoms with Crippen LogP contribution in [0.5, 0.6) is 5.75 Å². The summed E-state index contributed by atoms with van der Waals surface area (Å²) in [5.74, 6) is -0.0906. The standard InChI is InChI=1S/C21H28F3N3O5/c1-6-8-14-16(10-9-15-17(14)32-25-18(15)21(22,23)24)31-12-7-11-26(3)20(29)27(4)13(2)19(28)30-5/h9-10,13H,6-8,11-12H2,1-5H3. The topological polar surface area (TPSA) is 85.1 Å². The summed E-state index contributed by atoms with van der Waals surface area (Å²) in [6, 6.07) is 1.71. The predicted octanol–water partition coefficient (Wildman–Crippen LogP) is 4.11. The second kappa shape index (κ2) is 10.6. The molecule has 0 aliphatic carbocycles. The monoisotopic (exact) mass is 459 g/mol. The zero-order valence-corrected chi connectivity index (χ0v) is 18.8. The first-order valence-corrected chi connectivity index (χ1v) is 10.2. The van der Waals surface area contributed by atoms with Crippen LogP contribution in [0, 0.1) is 0 Å². The number of hydrogen-bond donors (Lipinski definition) is 0. The lowest BCUT2D eigenvalue weighted by Crippen LogP contribution is -2.47. The second-order valence-electron chi connectivity index (χ2n) is 7.41. The number of urea groups is 1. The van der Waals surface area contributed by atoms with E-state index in [1.807, 2.05) is 6.92 Å². The SMILES string of the molecule is CCCc1c(OCCCN(C)C(=O)N(C)C(C)C(=O)OC)ccc2c(C(F)(F)F)noc12. The summed E-state index contributed by atoms with van der Waals surface area (Å²) in [6.07, 6.45) is -2.99. The summed E-state index contributed by atoms with van der Waals surface area (Å²) in [5.41, 5.74) is -0.451. The highest BCUT2D eigenvalue weighted by molar-refractivity contribution is 5.85. The second-order valence-corrected chi connectivity index (χ2v) is 7.41. The van der Waals surface area contributed by atoms with Gasteiger partial charge in [-0.05, 0) is 31.9 Å². The molecule has 178 valence electrons. The van der Waals surface area contributed by atoms with Crippen LogP contribution in [0.2, 0.25) is 0 Å². The molecule has 8 nitrogen and oxygen atoms in total. The van der Waals surface area contributed by atoms with Crippen molar-refractivity contribution < 1.29 is 36.8 Å². The number of nitrogens with zero attached hydrogens (tertiary/aromatic N) is 3. The van der Waals surface area contributed by atoms with Crippen molar-refractivity contribution in [3.05, 3.63) is 23.4 Å².